The molecule has 1 aromatic rings. The number of ether oxygens (including phenoxy) is 1. The van der Waals surface area contributed by atoms with Crippen LogP contribution in [-0.2, 0) is 16.0 Å². The first kappa shape index (κ1) is 10.3. The van der Waals surface area contributed by atoms with Gasteiger partial charge >= 0.3 is 5.97 Å². The van der Waals surface area contributed by atoms with Crippen LogP contribution in [-0.4, -0.2) is 18.2 Å². The fourth-order valence-corrected chi connectivity index (χ4v) is 1.04. The molecule has 0 aliphatic heterocycles. The molecule has 3 heteroatoms. The average molecular weight is 192 g/mol. The fourth-order valence-electron chi connectivity index (χ4n) is 1.04. The van der Waals surface area contributed by atoms with E-state index in [-0.39, 0.29) is 11.7 Å². The molecule has 1 rings (SSSR count). The fraction of sp³-hybridized carbons (Fsp3) is 0.182. The van der Waals surface area contributed by atoms with Crippen molar-refractivity contribution in [2.24, 2.45) is 0 Å². The molecular formula is C11H12O3. The molecule has 0 spiro atoms. The van der Waals surface area contributed by atoms with Gasteiger partial charge in [-0.2, -0.15) is 0 Å². The number of carbonyl (C=O) groups excluding carboxylic acids is 1. The second-order valence-corrected chi connectivity index (χ2v) is 2.80. The smallest absolute Gasteiger partial charge is 0.330 e. The number of hydrogen-bond acceptors (Lipinski definition) is 3. The van der Waals surface area contributed by atoms with E-state index in [9.17, 15) is 4.79 Å². The molecule has 0 unspecified atom stereocenters. The summed E-state index contributed by atoms with van der Waals surface area (Å²) in [7, 11) is 1.33. The number of methoxy groups -OCH3 is 1. The number of benzene rings is 1. The van der Waals surface area contributed by atoms with Gasteiger partial charge in [0.25, 0.3) is 0 Å². The summed E-state index contributed by atoms with van der Waals surface area (Å²) in [6.07, 6.45) is 3.66. The number of aromatic hydroxyl groups is 1. The Morgan fingerprint density at radius 1 is 1.57 bits per heavy atom. The molecule has 14 heavy (non-hydrogen) atoms. The van der Waals surface area contributed by atoms with Gasteiger partial charge in [0.1, 0.15) is 5.75 Å². The number of phenolic OH excluding ortho intramolecular Hbond substituents is 1. The summed E-state index contributed by atoms with van der Waals surface area (Å²) in [4.78, 5) is 10.7. The van der Waals surface area contributed by atoms with Gasteiger partial charge in [0.15, 0.2) is 0 Å². The minimum absolute atomic E-state index is 0.231. The van der Waals surface area contributed by atoms with Crippen molar-refractivity contribution in [1.29, 1.82) is 0 Å². The topological polar surface area (TPSA) is 46.5 Å². The highest BCUT2D eigenvalue weighted by Gasteiger charge is 1.93. The number of esters is 1. The Labute approximate surface area is 82.6 Å². The molecular weight excluding hydrogens is 180 g/mol. The molecule has 0 aliphatic carbocycles. The van der Waals surface area contributed by atoms with E-state index >= 15 is 0 Å². The molecule has 0 aromatic heterocycles. The number of carbonyl (C=O) groups is 1. The Morgan fingerprint density at radius 2 is 2.36 bits per heavy atom. The normalized spacial score (nSPS) is 10.4. The lowest BCUT2D eigenvalue weighted by Crippen LogP contribution is -1.93. The highest BCUT2D eigenvalue weighted by atomic mass is 16.5. The van der Waals surface area contributed by atoms with Crippen molar-refractivity contribution in [3.63, 3.8) is 0 Å². The predicted molar refractivity (Wildman–Crippen MR) is 53.0 cm³/mol. The quantitative estimate of drug-likeness (QED) is 0.585. The van der Waals surface area contributed by atoms with Crippen LogP contribution >= 0.6 is 0 Å². The van der Waals surface area contributed by atoms with Crippen molar-refractivity contribution >= 4 is 5.97 Å². The lowest BCUT2D eigenvalue weighted by atomic mass is 10.1. The van der Waals surface area contributed by atoms with E-state index in [0.29, 0.717) is 6.42 Å². The van der Waals surface area contributed by atoms with Gasteiger partial charge in [-0.05, 0) is 24.1 Å². The third-order valence-electron chi connectivity index (χ3n) is 1.72. The monoisotopic (exact) mass is 192 g/mol. The molecule has 0 saturated carbocycles. The number of hydrogen-bond donors (Lipinski definition) is 1. The van der Waals surface area contributed by atoms with Crippen LogP contribution in [0.4, 0.5) is 0 Å². The Hall–Kier alpha value is -1.77. The van der Waals surface area contributed by atoms with E-state index in [1.54, 1.807) is 24.3 Å². The summed E-state index contributed by atoms with van der Waals surface area (Å²) in [6.45, 7) is 0. The molecule has 0 fully saturated rings. The van der Waals surface area contributed by atoms with Crippen molar-refractivity contribution < 1.29 is 14.6 Å². The summed E-state index contributed by atoms with van der Waals surface area (Å²) >= 11 is 0. The largest absolute Gasteiger partial charge is 0.508 e. The maximum absolute atomic E-state index is 10.7. The second-order valence-electron chi connectivity index (χ2n) is 2.80. The van der Waals surface area contributed by atoms with Crippen molar-refractivity contribution in [1.82, 2.24) is 0 Å². The van der Waals surface area contributed by atoms with Crippen LogP contribution in [0.2, 0.25) is 0 Å². The minimum Gasteiger partial charge on any atom is -0.508 e. The molecule has 0 radical (unpaired) electrons. The van der Waals surface area contributed by atoms with Crippen LogP contribution in [0.1, 0.15) is 5.56 Å². The first-order chi connectivity index (χ1) is 6.72. The Balaban J connectivity index is 2.53. The molecule has 0 amide bonds. The van der Waals surface area contributed by atoms with E-state index in [4.69, 9.17) is 5.11 Å². The van der Waals surface area contributed by atoms with E-state index in [2.05, 4.69) is 4.74 Å². The van der Waals surface area contributed by atoms with Crippen LogP contribution in [0.25, 0.3) is 0 Å². The lowest BCUT2D eigenvalue weighted by Gasteiger charge is -1.96. The molecule has 1 N–H and O–H groups in total. The number of rotatable bonds is 3. The summed E-state index contributed by atoms with van der Waals surface area (Å²) in [5.74, 6) is -0.140. The van der Waals surface area contributed by atoms with Gasteiger partial charge in [0.2, 0.25) is 0 Å². The summed E-state index contributed by atoms with van der Waals surface area (Å²) in [6, 6.07) is 6.90. The maximum Gasteiger partial charge on any atom is 0.330 e. The van der Waals surface area contributed by atoms with Crippen LogP contribution in [0.5, 0.6) is 5.75 Å². The molecule has 0 saturated heterocycles. The Kier molecular flexibility index (Phi) is 3.73. The SMILES string of the molecule is COC(=O)/C=C\Cc1cccc(O)c1. The lowest BCUT2D eigenvalue weighted by molar-refractivity contribution is -0.134. The first-order valence-electron chi connectivity index (χ1n) is 4.25. The number of phenols is 1. The number of allylic oxidation sites excluding steroid dienone is 1. The zero-order valence-corrected chi connectivity index (χ0v) is 7.93. The zero-order valence-electron chi connectivity index (χ0n) is 7.93. The zero-order chi connectivity index (χ0) is 10.4. The van der Waals surface area contributed by atoms with Crippen molar-refractivity contribution in [3.8, 4) is 5.75 Å². The first-order valence-corrected chi connectivity index (χ1v) is 4.25. The summed E-state index contributed by atoms with van der Waals surface area (Å²) < 4.78 is 4.44. The third kappa shape index (κ3) is 3.31. The van der Waals surface area contributed by atoms with E-state index in [1.165, 1.54) is 13.2 Å². The van der Waals surface area contributed by atoms with Crippen LogP contribution in [0.15, 0.2) is 36.4 Å². The molecule has 3 nitrogen and oxygen atoms in total. The molecule has 1 aromatic carbocycles. The predicted octanol–water partition coefficient (Wildman–Crippen LogP) is 1.66. The van der Waals surface area contributed by atoms with Gasteiger partial charge in [0.05, 0.1) is 7.11 Å². The van der Waals surface area contributed by atoms with E-state index < -0.39 is 0 Å². The van der Waals surface area contributed by atoms with Crippen molar-refractivity contribution in [2.45, 2.75) is 6.42 Å². The summed E-state index contributed by atoms with van der Waals surface area (Å²) in [5, 5.41) is 9.15. The molecule has 0 aliphatic rings. The van der Waals surface area contributed by atoms with Gasteiger partial charge < -0.3 is 9.84 Å². The third-order valence-corrected chi connectivity index (χ3v) is 1.72. The Morgan fingerprint density at radius 3 is 3.00 bits per heavy atom. The highest BCUT2D eigenvalue weighted by molar-refractivity contribution is 5.81. The molecule has 0 bridgehead atoms. The molecule has 0 heterocycles. The van der Waals surface area contributed by atoms with Crippen LogP contribution < -0.4 is 0 Å². The van der Waals surface area contributed by atoms with Gasteiger partial charge in [0, 0.05) is 6.08 Å². The molecule has 0 atom stereocenters. The maximum atomic E-state index is 10.7. The highest BCUT2D eigenvalue weighted by Crippen LogP contribution is 2.11. The van der Waals surface area contributed by atoms with Gasteiger partial charge in [-0.25, -0.2) is 4.79 Å². The summed E-state index contributed by atoms with van der Waals surface area (Å²) in [5.41, 5.74) is 0.949. The molecule has 74 valence electrons. The Bertz CT molecular complexity index is 342. The van der Waals surface area contributed by atoms with E-state index in [0.717, 1.165) is 5.56 Å². The van der Waals surface area contributed by atoms with E-state index in [1.807, 2.05) is 6.07 Å². The van der Waals surface area contributed by atoms with Crippen molar-refractivity contribution in [2.75, 3.05) is 7.11 Å². The minimum atomic E-state index is -0.370. The van der Waals surface area contributed by atoms with Crippen LogP contribution in [0.3, 0.4) is 0 Å². The van der Waals surface area contributed by atoms with Gasteiger partial charge in [-0.3, -0.25) is 0 Å². The second kappa shape index (κ2) is 5.07. The standard InChI is InChI=1S/C11H12O3/c1-14-11(13)7-3-5-9-4-2-6-10(12)8-9/h2-4,6-8,12H,5H2,1H3/b7-3-. The van der Waals surface area contributed by atoms with Gasteiger partial charge in [-0.1, -0.05) is 18.2 Å². The van der Waals surface area contributed by atoms with Crippen molar-refractivity contribution in [3.05, 3.63) is 42.0 Å². The average Bonchev–Trinajstić information content (AvgIpc) is 2.17. The van der Waals surface area contributed by atoms with Gasteiger partial charge in [-0.15, -0.1) is 0 Å². The van der Waals surface area contributed by atoms with Crippen LogP contribution in [0, 0.1) is 0 Å².